The van der Waals surface area contributed by atoms with Gasteiger partial charge in [-0.2, -0.15) is 0 Å². The molecule has 0 aromatic heterocycles. The fraction of sp³-hybridized carbons (Fsp3) is 0.562. The van der Waals surface area contributed by atoms with Gasteiger partial charge in [0.25, 0.3) is 5.91 Å². The second kappa shape index (κ2) is 7.43. The predicted octanol–water partition coefficient (Wildman–Crippen LogP) is 1.73. The Hall–Kier alpha value is -1.59. The van der Waals surface area contributed by atoms with Crippen LogP contribution in [0.25, 0.3) is 0 Å². The van der Waals surface area contributed by atoms with E-state index in [-0.39, 0.29) is 11.9 Å². The van der Waals surface area contributed by atoms with Crippen LogP contribution in [0.5, 0.6) is 0 Å². The largest absolute Gasteiger partial charge is 0.391 e. The van der Waals surface area contributed by atoms with Crippen LogP contribution in [0, 0.1) is 0 Å². The van der Waals surface area contributed by atoms with E-state index in [0.29, 0.717) is 25.3 Å². The molecule has 1 aliphatic heterocycles. The van der Waals surface area contributed by atoms with Crippen LogP contribution in [-0.4, -0.2) is 54.9 Å². The topological polar surface area (TPSA) is 61.8 Å². The highest BCUT2D eigenvalue weighted by atomic mass is 16.5. The molecule has 0 bridgehead atoms. The highest BCUT2D eigenvalue weighted by Gasteiger charge is 2.23. The normalized spacial score (nSPS) is 20.1. The van der Waals surface area contributed by atoms with Crippen molar-refractivity contribution in [1.29, 1.82) is 0 Å². The lowest BCUT2D eigenvalue weighted by Gasteiger charge is -2.30. The van der Waals surface area contributed by atoms with Crippen LogP contribution < -0.4 is 5.32 Å². The Kier molecular flexibility index (Phi) is 5.59. The molecule has 5 heteroatoms. The lowest BCUT2D eigenvalue weighted by Crippen LogP contribution is -2.42. The minimum absolute atomic E-state index is 0.0169. The lowest BCUT2D eigenvalue weighted by atomic mass is 10.1. The molecule has 1 amide bonds. The summed E-state index contributed by atoms with van der Waals surface area (Å²) in [5.74, 6) is -0.0169. The number of carbonyl (C=O) groups is 1. The first-order valence-corrected chi connectivity index (χ1v) is 7.43. The van der Waals surface area contributed by atoms with Gasteiger partial charge >= 0.3 is 0 Å². The number of nitrogens with zero attached hydrogens (tertiary/aromatic N) is 1. The molecule has 5 nitrogen and oxygen atoms in total. The summed E-state index contributed by atoms with van der Waals surface area (Å²) in [5.41, 5.74) is 1.56. The third kappa shape index (κ3) is 4.44. The van der Waals surface area contributed by atoms with Gasteiger partial charge in [-0.3, -0.25) is 4.79 Å². The van der Waals surface area contributed by atoms with Crippen molar-refractivity contribution in [2.75, 3.05) is 32.1 Å². The Bertz CT molecular complexity index is 478. The number of hydrogen-bond donors (Lipinski definition) is 2. The Labute approximate surface area is 125 Å². The first-order chi connectivity index (χ1) is 10.1. The average Bonchev–Trinajstić information content (AvgIpc) is 2.47. The van der Waals surface area contributed by atoms with E-state index in [9.17, 15) is 9.90 Å². The molecule has 1 heterocycles. The molecule has 1 aromatic carbocycles. The van der Waals surface area contributed by atoms with Gasteiger partial charge in [-0.25, -0.2) is 0 Å². The van der Waals surface area contributed by atoms with Crippen molar-refractivity contribution < 1.29 is 14.6 Å². The minimum atomic E-state index is -0.397. The van der Waals surface area contributed by atoms with Crippen LogP contribution in [-0.2, 0) is 4.74 Å². The van der Waals surface area contributed by atoms with E-state index >= 15 is 0 Å². The summed E-state index contributed by atoms with van der Waals surface area (Å²) in [4.78, 5) is 14.2. The summed E-state index contributed by atoms with van der Waals surface area (Å²) in [6, 6.07) is 7.66. The van der Waals surface area contributed by atoms with Gasteiger partial charge in [0.15, 0.2) is 0 Å². The van der Waals surface area contributed by atoms with Gasteiger partial charge in [-0.15, -0.1) is 0 Å². The number of amides is 1. The van der Waals surface area contributed by atoms with Crippen molar-refractivity contribution in [3.8, 4) is 0 Å². The van der Waals surface area contributed by atoms with Crippen LogP contribution in [0.4, 0.5) is 5.69 Å². The van der Waals surface area contributed by atoms with Gasteiger partial charge < -0.3 is 20.1 Å². The van der Waals surface area contributed by atoms with E-state index in [1.807, 2.05) is 31.2 Å². The molecule has 1 aromatic rings. The molecule has 1 aliphatic rings. The lowest BCUT2D eigenvalue weighted by molar-refractivity contribution is 0.0474. The Morgan fingerprint density at radius 3 is 3.10 bits per heavy atom. The second-order valence-electron chi connectivity index (χ2n) is 5.63. The molecule has 0 spiro atoms. The smallest absolute Gasteiger partial charge is 0.254 e. The standard InChI is InChI=1S/C16H24N2O3/c1-12(11-21-2)17-14-6-3-5-13(9-14)16(20)18-8-4-7-15(19)10-18/h3,5-6,9,12,15,17,19H,4,7-8,10-11H2,1-2H3. The first kappa shape index (κ1) is 15.8. The highest BCUT2D eigenvalue weighted by molar-refractivity contribution is 5.95. The molecule has 2 atom stereocenters. The van der Waals surface area contributed by atoms with E-state index in [0.717, 1.165) is 18.5 Å². The summed E-state index contributed by atoms with van der Waals surface area (Å²) in [6.45, 7) is 3.78. The summed E-state index contributed by atoms with van der Waals surface area (Å²) in [5, 5.41) is 13.0. The summed E-state index contributed by atoms with van der Waals surface area (Å²) in [7, 11) is 1.67. The van der Waals surface area contributed by atoms with Crippen LogP contribution in [0.3, 0.4) is 0 Å². The number of nitrogens with one attached hydrogen (secondary N) is 1. The monoisotopic (exact) mass is 292 g/mol. The number of aliphatic hydroxyl groups excluding tert-OH is 1. The average molecular weight is 292 g/mol. The van der Waals surface area contributed by atoms with E-state index < -0.39 is 6.10 Å². The quantitative estimate of drug-likeness (QED) is 0.867. The van der Waals surface area contributed by atoms with Crippen molar-refractivity contribution in [1.82, 2.24) is 4.90 Å². The number of anilines is 1. The molecular formula is C16H24N2O3. The summed E-state index contributed by atoms with van der Waals surface area (Å²) < 4.78 is 5.10. The zero-order valence-electron chi connectivity index (χ0n) is 12.7. The number of ether oxygens (including phenoxy) is 1. The molecule has 116 valence electrons. The maximum atomic E-state index is 12.5. The number of carbonyl (C=O) groups excluding carboxylic acids is 1. The Morgan fingerprint density at radius 1 is 1.57 bits per heavy atom. The highest BCUT2D eigenvalue weighted by Crippen LogP contribution is 2.17. The Morgan fingerprint density at radius 2 is 2.38 bits per heavy atom. The Balaban J connectivity index is 2.04. The summed E-state index contributed by atoms with van der Waals surface area (Å²) >= 11 is 0. The number of likely N-dealkylation sites (tertiary alicyclic amines) is 1. The first-order valence-electron chi connectivity index (χ1n) is 7.43. The van der Waals surface area contributed by atoms with Crippen molar-refractivity contribution in [3.05, 3.63) is 29.8 Å². The number of hydrogen-bond acceptors (Lipinski definition) is 4. The van der Waals surface area contributed by atoms with E-state index in [2.05, 4.69) is 5.32 Å². The molecule has 2 unspecified atom stereocenters. The van der Waals surface area contributed by atoms with Crippen LogP contribution in [0.2, 0.25) is 0 Å². The molecule has 2 rings (SSSR count). The molecule has 2 N–H and O–H groups in total. The van der Waals surface area contributed by atoms with Gasteiger partial charge in [0.2, 0.25) is 0 Å². The fourth-order valence-electron chi connectivity index (χ4n) is 2.64. The third-order valence-corrected chi connectivity index (χ3v) is 3.62. The van der Waals surface area contributed by atoms with Gasteiger partial charge in [0, 0.05) is 37.5 Å². The predicted molar refractivity (Wildman–Crippen MR) is 82.5 cm³/mol. The minimum Gasteiger partial charge on any atom is -0.391 e. The van der Waals surface area contributed by atoms with Crippen LogP contribution in [0.1, 0.15) is 30.1 Å². The van der Waals surface area contributed by atoms with Gasteiger partial charge in [0.1, 0.15) is 0 Å². The van der Waals surface area contributed by atoms with E-state index in [4.69, 9.17) is 4.74 Å². The van der Waals surface area contributed by atoms with Crippen LogP contribution >= 0.6 is 0 Å². The van der Waals surface area contributed by atoms with E-state index in [1.165, 1.54) is 0 Å². The number of β-amino-alcohol motifs (C(OH)–C–C–N with tert-alkyl or cyclic N) is 1. The number of piperidine rings is 1. The molecule has 0 radical (unpaired) electrons. The number of benzene rings is 1. The van der Waals surface area contributed by atoms with Gasteiger partial charge in [-0.05, 0) is 38.0 Å². The SMILES string of the molecule is COCC(C)Nc1cccc(C(=O)N2CCCC(O)C2)c1. The second-order valence-corrected chi connectivity index (χ2v) is 5.63. The maximum absolute atomic E-state index is 12.5. The molecule has 1 saturated heterocycles. The van der Waals surface area contributed by atoms with E-state index in [1.54, 1.807) is 12.0 Å². The molecular weight excluding hydrogens is 268 g/mol. The van der Waals surface area contributed by atoms with Crippen molar-refractivity contribution in [2.45, 2.75) is 31.9 Å². The molecule has 1 fully saturated rings. The van der Waals surface area contributed by atoms with Crippen LogP contribution in [0.15, 0.2) is 24.3 Å². The maximum Gasteiger partial charge on any atom is 0.254 e. The van der Waals surface area contributed by atoms with Crippen molar-refractivity contribution >= 4 is 11.6 Å². The third-order valence-electron chi connectivity index (χ3n) is 3.62. The number of aliphatic hydroxyl groups is 1. The zero-order valence-corrected chi connectivity index (χ0v) is 12.7. The van der Waals surface area contributed by atoms with Crippen molar-refractivity contribution in [2.24, 2.45) is 0 Å². The fourth-order valence-corrected chi connectivity index (χ4v) is 2.64. The molecule has 0 aliphatic carbocycles. The van der Waals surface area contributed by atoms with Crippen molar-refractivity contribution in [3.63, 3.8) is 0 Å². The zero-order chi connectivity index (χ0) is 15.2. The molecule has 21 heavy (non-hydrogen) atoms. The summed E-state index contributed by atoms with van der Waals surface area (Å²) in [6.07, 6.45) is 1.24. The van der Waals surface area contributed by atoms with Gasteiger partial charge in [0.05, 0.1) is 12.7 Å². The molecule has 0 saturated carbocycles. The number of methoxy groups -OCH3 is 1. The van der Waals surface area contributed by atoms with Gasteiger partial charge in [-0.1, -0.05) is 6.07 Å². The number of rotatable bonds is 5.